The molecule has 1 atom stereocenters. The van der Waals surface area contributed by atoms with Gasteiger partial charge in [0.2, 0.25) is 0 Å². The van der Waals surface area contributed by atoms with E-state index >= 15 is 0 Å². The summed E-state index contributed by atoms with van der Waals surface area (Å²) in [6, 6.07) is -1.09. The fourth-order valence-corrected chi connectivity index (χ4v) is 2.37. The first-order chi connectivity index (χ1) is 9.63. The number of likely N-dealkylation sites (tertiary alicyclic amines) is 1. The molecular formula is C12H19N5O3. The summed E-state index contributed by atoms with van der Waals surface area (Å²) in [4.78, 5) is 24.6. The number of rotatable bonds is 4. The van der Waals surface area contributed by atoms with Gasteiger partial charge in [0.15, 0.2) is 5.82 Å². The van der Waals surface area contributed by atoms with Crippen LogP contribution in [0.1, 0.15) is 32.0 Å². The molecule has 110 valence electrons. The van der Waals surface area contributed by atoms with Gasteiger partial charge in [0.25, 0.3) is 0 Å². The standard InChI is InChI=1S/C12H19N5O3/c1-2-16-8-14-15-10(16)7-13-12(20)17-6-4-3-5-9(17)11(18)19/h8-9H,2-7H2,1H3,(H,13,20)(H,18,19). The Morgan fingerprint density at radius 2 is 2.30 bits per heavy atom. The lowest BCUT2D eigenvalue weighted by Crippen LogP contribution is -2.51. The van der Waals surface area contributed by atoms with Crippen LogP contribution in [0.4, 0.5) is 4.79 Å². The summed E-state index contributed by atoms with van der Waals surface area (Å²) in [5, 5.41) is 19.6. The normalized spacial score (nSPS) is 18.9. The van der Waals surface area contributed by atoms with Crippen LogP contribution in [0.2, 0.25) is 0 Å². The van der Waals surface area contributed by atoms with Crippen molar-refractivity contribution < 1.29 is 14.7 Å². The molecule has 20 heavy (non-hydrogen) atoms. The van der Waals surface area contributed by atoms with Crippen molar-refractivity contribution in [1.82, 2.24) is 25.0 Å². The number of carboxylic acids is 1. The average molecular weight is 281 g/mol. The summed E-state index contributed by atoms with van der Waals surface area (Å²) in [6.07, 6.45) is 3.78. The lowest BCUT2D eigenvalue weighted by molar-refractivity contribution is -0.143. The summed E-state index contributed by atoms with van der Waals surface area (Å²) in [5.74, 6) is -0.290. The zero-order valence-electron chi connectivity index (χ0n) is 11.4. The van der Waals surface area contributed by atoms with Gasteiger partial charge in [-0.05, 0) is 26.2 Å². The highest BCUT2D eigenvalue weighted by Crippen LogP contribution is 2.17. The zero-order chi connectivity index (χ0) is 14.5. The van der Waals surface area contributed by atoms with Crippen LogP contribution in [0.5, 0.6) is 0 Å². The first-order valence-electron chi connectivity index (χ1n) is 6.77. The van der Waals surface area contributed by atoms with Crippen LogP contribution in [0.25, 0.3) is 0 Å². The van der Waals surface area contributed by atoms with Crippen LogP contribution < -0.4 is 5.32 Å². The Hall–Kier alpha value is -2.12. The third-order valence-electron chi connectivity index (χ3n) is 3.48. The highest BCUT2D eigenvalue weighted by molar-refractivity contribution is 5.82. The summed E-state index contributed by atoms with van der Waals surface area (Å²) >= 11 is 0. The maximum absolute atomic E-state index is 12.1. The van der Waals surface area contributed by atoms with Gasteiger partial charge in [-0.1, -0.05) is 0 Å². The molecule has 0 spiro atoms. The van der Waals surface area contributed by atoms with Crippen LogP contribution in [0.15, 0.2) is 6.33 Å². The van der Waals surface area contributed by atoms with Crippen LogP contribution in [0.3, 0.4) is 0 Å². The SMILES string of the molecule is CCn1cnnc1CNC(=O)N1CCCCC1C(=O)O. The van der Waals surface area contributed by atoms with Crippen LogP contribution in [-0.2, 0) is 17.9 Å². The molecule has 2 heterocycles. The molecule has 0 aliphatic carbocycles. The van der Waals surface area contributed by atoms with Gasteiger partial charge in [0.1, 0.15) is 12.4 Å². The molecule has 1 aromatic heterocycles. The van der Waals surface area contributed by atoms with Crippen molar-refractivity contribution >= 4 is 12.0 Å². The van der Waals surface area contributed by atoms with E-state index in [0.717, 1.165) is 19.4 Å². The van der Waals surface area contributed by atoms with Crippen LogP contribution in [0, 0.1) is 0 Å². The number of urea groups is 1. The molecule has 0 radical (unpaired) electrons. The Labute approximate surface area is 116 Å². The topological polar surface area (TPSA) is 100 Å². The summed E-state index contributed by atoms with van der Waals surface area (Å²) in [7, 11) is 0. The molecule has 2 rings (SSSR count). The minimum atomic E-state index is -0.948. The van der Waals surface area contributed by atoms with E-state index in [-0.39, 0.29) is 12.6 Å². The van der Waals surface area contributed by atoms with Gasteiger partial charge in [0.05, 0.1) is 6.54 Å². The lowest BCUT2D eigenvalue weighted by Gasteiger charge is -2.32. The Kier molecular flexibility index (Phi) is 4.54. The first-order valence-corrected chi connectivity index (χ1v) is 6.77. The first kappa shape index (κ1) is 14.3. The molecule has 2 amide bonds. The number of carbonyl (C=O) groups excluding carboxylic acids is 1. The Bertz CT molecular complexity index is 487. The van der Waals surface area contributed by atoms with E-state index in [1.54, 1.807) is 6.33 Å². The highest BCUT2D eigenvalue weighted by atomic mass is 16.4. The number of aromatic nitrogens is 3. The van der Waals surface area contributed by atoms with Crippen molar-refractivity contribution in [3.8, 4) is 0 Å². The van der Waals surface area contributed by atoms with Crippen LogP contribution in [-0.4, -0.2) is 49.4 Å². The van der Waals surface area contributed by atoms with Crippen molar-refractivity contribution in [3.63, 3.8) is 0 Å². The van der Waals surface area contributed by atoms with E-state index in [1.807, 2.05) is 11.5 Å². The number of nitrogens with zero attached hydrogens (tertiary/aromatic N) is 4. The third kappa shape index (κ3) is 3.06. The van der Waals surface area contributed by atoms with Crippen LogP contribution >= 0.6 is 0 Å². The minimum absolute atomic E-state index is 0.246. The quantitative estimate of drug-likeness (QED) is 0.834. The molecule has 8 nitrogen and oxygen atoms in total. The maximum Gasteiger partial charge on any atom is 0.326 e. The molecule has 2 N–H and O–H groups in total. The molecule has 1 fully saturated rings. The third-order valence-corrected chi connectivity index (χ3v) is 3.48. The van der Waals surface area contributed by atoms with Crippen molar-refractivity contribution in [1.29, 1.82) is 0 Å². The number of hydrogen-bond acceptors (Lipinski definition) is 4. The molecule has 0 saturated carbocycles. The van der Waals surface area contributed by atoms with E-state index in [2.05, 4.69) is 15.5 Å². The highest BCUT2D eigenvalue weighted by Gasteiger charge is 2.31. The second kappa shape index (κ2) is 6.36. The van der Waals surface area contributed by atoms with E-state index in [9.17, 15) is 9.59 Å². The summed E-state index contributed by atoms with van der Waals surface area (Å²) in [6.45, 7) is 3.40. The van der Waals surface area contributed by atoms with E-state index in [0.29, 0.717) is 18.8 Å². The Morgan fingerprint density at radius 1 is 1.50 bits per heavy atom. The second-order valence-electron chi connectivity index (χ2n) is 4.74. The molecule has 0 bridgehead atoms. The Morgan fingerprint density at radius 3 is 3.00 bits per heavy atom. The molecule has 1 unspecified atom stereocenters. The van der Waals surface area contributed by atoms with Gasteiger partial charge in [0, 0.05) is 13.1 Å². The van der Waals surface area contributed by atoms with Gasteiger partial charge in [-0.2, -0.15) is 0 Å². The number of aliphatic carboxylic acids is 1. The zero-order valence-corrected chi connectivity index (χ0v) is 11.4. The predicted molar refractivity (Wildman–Crippen MR) is 69.9 cm³/mol. The number of carboxylic acid groups (broad SMARTS) is 1. The van der Waals surface area contributed by atoms with Crippen molar-refractivity contribution in [2.24, 2.45) is 0 Å². The van der Waals surface area contributed by atoms with Crippen molar-refractivity contribution in [2.75, 3.05) is 6.54 Å². The molecule has 1 aliphatic heterocycles. The van der Waals surface area contributed by atoms with E-state index in [1.165, 1.54) is 4.90 Å². The van der Waals surface area contributed by atoms with Crippen molar-refractivity contribution in [3.05, 3.63) is 12.2 Å². The minimum Gasteiger partial charge on any atom is -0.480 e. The molecule has 0 aromatic carbocycles. The summed E-state index contributed by atoms with van der Waals surface area (Å²) < 4.78 is 1.82. The Balaban J connectivity index is 1.95. The second-order valence-corrected chi connectivity index (χ2v) is 4.74. The number of piperidine rings is 1. The van der Waals surface area contributed by atoms with E-state index < -0.39 is 12.0 Å². The molecule has 1 aromatic rings. The number of hydrogen-bond donors (Lipinski definition) is 2. The van der Waals surface area contributed by atoms with Crippen molar-refractivity contribution in [2.45, 2.75) is 45.3 Å². The van der Waals surface area contributed by atoms with Gasteiger partial charge in [-0.25, -0.2) is 9.59 Å². The van der Waals surface area contributed by atoms with E-state index in [4.69, 9.17) is 5.11 Å². The number of aryl methyl sites for hydroxylation is 1. The molecular weight excluding hydrogens is 262 g/mol. The largest absolute Gasteiger partial charge is 0.480 e. The number of carbonyl (C=O) groups is 2. The molecule has 1 saturated heterocycles. The molecule has 8 heteroatoms. The average Bonchev–Trinajstić information content (AvgIpc) is 2.92. The monoisotopic (exact) mass is 281 g/mol. The number of nitrogens with one attached hydrogen (secondary N) is 1. The van der Waals surface area contributed by atoms with Gasteiger partial charge in [-0.15, -0.1) is 10.2 Å². The van der Waals surface area contributed by atoms with Gasteiger partial charge >= 0.3 is 12.0 Å². The molecule has 1 aliphatic rings. The predicted octanol–water partition coefficient (Wildman–Crippen LogP) is 0.447. The van der Waals surface area contributed by atoms with Gasteiger partial charge in [-0.3, -0.25) is 0 Å². The van der Waals surface area contributed by atoms with Gasteiger partial charge < -0.3 is 19.9 Å². The fraction of sp³-hybridized carbons (Fsp3) is 0.667. The summed E-state index contributed by atoms with van der Waals surface area (Å²) in [5.41, 5.74) is 0. The maximum atomic E-state index is 12.1. The smallest absolute Gasteiger partial charge is 0.326 e. The fourth-order valence-electron chi connectivity index (χ4n) is 2.37. The lowest BCUT2D eigenvalue weighted by atomic mass is 10.0. The number of amides is 2.